The molecule has 4 nitrogen and oxygen atoms in total. The predicted octanol–water partition coefficient (Wildman–Crippen LogP) is 4.90. The highest BCUT2D eigenvalue weighted by Crippen LogP contribution is 2.29. The van der Waals surface area contributed by atoms with E-state index < -0.39 is 0 Å². The van der Waals surface area contributed by atoms with E-state index in [4.69, 9.17) is 17.3 Å². The molecular formula is C20H16ClFN4. The number of pyridine rings is 1. The molecule has 26 heavy (non-hydrogen) atoms. The van der Waals surface area contributed by atoms with Gasteiger partial charge in [-0.3, -0.25) is 9.55 Å². The lowest BCUT2D eigenvalue weighted by Gasteiger charge is -2.09. The largest absolute Gasteiger partial charge is 0.324 e. The molecule has 2 heterocycles. The van der Waals surface area contributed by atoms with E-state index >= 15 is 0 Å². The monoisotopic (exact) mass is 366 g/mol. The molecule has 0 saturated carbocycles. The van der Waals surface area contributed by atoms with Crippen LogP contribution in [0.15, 0.2) is 61.1 Å². The zero-order chi connectivity index (χ0) is 18.3. The van der Waals surface area contributed by atoms with Gasteiger partial charge in [0.25, 0.3) is 0 Å². The minimum Gasteiger partial charge on any atom is -0.324 e. The molecule has 1 unspecified atom stereocenters. The molecule has 0 spiro atoms. The van der Waals surface area contributed by atoms with Crippen molar-refractivity contribution in [3.63, 3.8) is 0 Å². The van der Waals surface area contributed by atoms with Crippen LogP contribution in [-0.4, -0.2) is 14.5 Å². The Morgan fingerprint density at radius 1 is 1.08 bits per heavy atom. The maximum Gasteiger partial charge on any atom is 0.124 e. The van der Waals surface area contributed by atoms with Crippen molar-refractivity contribution in [1.29, 1.82) is 0 Å². The lowest BCUT2D eigenvalue weighted by Crippen LogP contribution is -2.04. The fourth-order valence-corrected chi connectivity index (χ4v) is 3.20. The van der Waals surface area contributed by atoms with E-state index in [0.29, 0.717) is 16.3 Å². The minimum atomic E-state index is -0.375. The Kier molecular flexibility index (Phi) is 4.18. The highest BCUT2D eigenvalue weighted by atomic mass is 35.5. The van der Waals surface area contributed by atoms with Crippen molar-refractivity contribution in [3.05, 3.63) is 77.5 Å². The van der Waals surface area contributed by atoms with E-state index in [0.717, 1.165) is 22.3 Å². The van der Waals surface area contributed by atoms with E-state index in [-0.39, 0.29) is 11.9 Å². The summed E-state index contributed by atoms with van der Waals surface area (Å²) in [6.45, 7) is 1.94. The average molecular weight is 367 g/mol. The second-order valence-corrected chi connectivity index (χ2v) is 6.58. The molecule has 0 amide bonds. The van der Waals surface area contributed by atoms with Gasteiger partial charge in [-0.1, -0.05) is 17.7 Å². The van der Waals surface area contributed by atoms with Gasteiger partial charge in [-0.2, -0.15) is 0 Å². The maximum atomic E-state index is 13.3. The van der Waals surface area contributed by atoms with Gasteiger partial charge < -0.3 is 5.73 Å². The predicted molar refractivity (Wildman–Crippen MR) is 102 cm³/mol. The summed E-state index contributed by atoms with van der Waals surface area (Å²) >= 11 is 6.17. The molecule has 0 saturated heterocycles. The Morgan fingerprint density at radius 3 is 2.69 bits per heavy atom. The van der Waals surface area contributed by atoms with Gasteiger partial charge in [-0.25, -0.2) is 9.37 Å². The lowest BCUT2D eigenvalue weighted by atomic mass is 10.1. The summed E-state index contributed by atoms with van der Waals surface area (Å²) in [7, 11) is 0. The number of benzene rings is 2. The summed E-state index contributed by atoms with van der Waals surface area (Å²) in [5.41, 5.74) is 11.1. The lowest BCUT2D eigenvalue weighted by molar-refractivity contribution is 0.628. The number of imidazole rings is 1. The summed E-state index contributed by atoms with van der Waals surface area (Å²) in [5.74, 6) is -0.375. The maximum absolute atomic E-state index is 13.3. The van der Waals surface area contributed by atoms with Gasteiger partial charge in [0.05, 0.1) is 27.4 Å². The van der Waals surface area contributed by atoms with Gasteiger partial charge in [-0.05, 0) is 55.0 Å². The fraction of sp³-hybridized carbons (Fsp3) is 0.100. The number of halogens is 2. The topological polar surface area (TPSA) is 56.7 Å². The van der Waals surface area contributed by atoms with E-state index in [1.807, 2.05) is 41.8 Å². The molecular weight excluding hydrogens is 351 g/mol. The zero-order valence-electron chi connectivity index (χ0n) is 14.0. The van der Waals surface area contributed by atoms with Crippen LogP contribution in [0.1, 0.15) is 18.5 Å². The molecule has 1 atom stereocenters. The van der Waals surface area contributed by atoms with E-state index in [2.05, 4.69) is 9.97 Å². The standard InChI is InChI=1S/C20H16ClFN4/c1-12(23)13-2-5-20-19(8-13)25-11-26(20)15-6-7-24-18(10-15)16-4-3-14(22)9-17(16)21/h2-12H,23H2,1H3. The van der Waals surface area contributed by atoms with Gasteiger partial charge in [0.2, 0.25) is 0 Å². The van der Waals surface area contributed by atoms with Crippen molar-refractivity contribution in [2.45, 2.75) is 13.0 Å². The Balaban J connectivity index is 1.81. The van der Waals surface area contributed by atoms with Crippen molar-refractivity contribution in [2.75, 3.05) is 0 Å². The third-order valence-electron chi connectivity index (χ3n) is 4.33. The van der Waals surface area contributed by atoms with Gasteiger partial charge in [0.15, 0.2) is 0 Å². The summed E-state index contributed by atoms with van der Waals surface area (Å²) in [6.07, 6.45) is 3.47. The zero-order valence-corrected chi connectivity index (χ0v) is 14.8. The first-order valence-electron chi connectivity index (χ1n) is 8.17. The first kappa shape index (κ1) is 16.7. The molecule has 0 aliphatic rings. The molecule has 130 valence electrons. The Bertz CT molecular complexity index is 1100. The van der Waals surface area contributed by atoms with Crippen LogP contribution in [0.25, 0.3) is 28.0 Å². The molecule has 0 aliphatic carbocycles. The Morgan fingerprint density at radius 2 is 1.92 bits per heavy atom. The second-order valence-electron chi connectivity index (χ2n) is 6.17. The van der Waals surface area contributed by atoms with Crippen LogP contribution < -0.4 is 5.73 Å². The number of fused-ring (bicyclic) bond motifs is 1. The molecule has 0 radical (unpaired) electrons. The molecule has 6 heteroatoms. The number of rotatable bonds is 3. The number of hydrogen-bond acceptors (Lipinski definition) is 3. The van der Waals surface area contributed by atoms with Gasteiger partial charge in [-0.15, -0.1) is 0 Å². The average Bonchev–Trinajstić information content (AvgIpc) is 3.05. The normalized spacial score (nSPS) is 12.5. The van der Waals surface area contributed by atoms with Gasteiger partial charge in [0.1, 0.15) is 12.1 Å². The number of hydrogen-bond donors (Lipinski definition) is 1. The molecule has 2 aromatic carbocycles. The molecule has 0 bridgehead atoms. The van der Waals surface area contributed by atoms with E-state index in [1.54, 1.807) is 18.6 Å². The van der Waals surface area contributed by atoms with Gasteiger partial charge in [0, 0.05) is 17.8 Å². The van der Waals surface area contributed by atoms with Crippen LogP contribution in [-0.2, 0) is 0 Å². The molecule has 2 aromatic heterocycles. The number of aromatic nitrogens is 3. The van der Waals surface area contributed by atoms with Crippen LogP contribution >= 0.6 is 11.6 Å². The smallest absolute Gasteiger partial charge is 0.124 e. The van der Waals surface area contributed by atoms with Crippen molar-refractivity contribution in [1.82, 2.24) is 14.5 Å². The molecule has 0 fully saturated rings. The Labute approximate surface area is 155 Å². The summed E-state index contributed by atoms with van der Waals surface area (Å²) in [4.78, 5) is 8.85. The third kappa shape index (κ3) is 2.96. The highest BCUT2D eigenvalue weighted by molar-refractivity contribution is 6.33. The number of nitrogens with zero attached hydrogens (tertiary/aromatic N) is 3. The molecule has 4 aromatic rings. The molecule has 2 N–H and O–H groups in total. The SMILES string of the molecule is CC(N)c1ccc2c(c1)ncn2-c1ccnc(-c2ccc(F)cc2Cl)c1. The van der Waals surface area contributed by atoms with E-state index in [9.17, 15) is 4.39 Å². The van der Waals surface area contributed by atoms with Crippen molar-refractivity contribution in [2.24, 2.45) is 5.73 Å². The molecule has 0 aliphatic heterocycles. The van der Waals surface area contributed by atoms with Crippen LogP contribution in [0.3, 0.4) is 0 Å². The fourth-order valence-electron chi connectivity index (χ4n) is 2.93. The van der Waals surface area contributed by atoms with Crippen molar-refractivity contribution in [3.8, 4) is 16.9 Å². The van der Waals surface area contributed by atoms with Crippen LogP contribution in [0.5, 0.6) is 0 Å². The minimum absolute atomic E-state index is 0.0438. The van der Waals surface area contributed by atoms with E-state index in [1.165, 1.54) is 12.1 Å². The van der Waals surface area contributed by atoms with Gasteiger partial charge >= 0.3 is 0 Å². The summed E-state index contributed by atoms with van der Waals surface area (Å²) < 4.78 is 15.3. The third-order valence-corrected chi connectivity index (χ3v) is 4.64. The van der Waals surface area contributed by atoms with Crippen molar-refractivity contribution < 1.29 is 4.39 Å². The Hall–Kier alpha value is -2.76. The van der Waals surface area contributed by atoms with Crippen LogP contribution in [0, 0.1) is 5.82 Å². The van der Waals surface area contributed by atoms with Crippen LogP contribution in [0.4, 0.5) is 4.39 Å². The second kappa shape index (κ2) is 6.52. The summed E-state index contributed by atoms with van der Waals surface area (Å²) in [6, 6.07) is 14.0. The summed E-state index contributed by atoms with van der Waals surface area (Å²) in [5, 5.41) is 0.326. The first-order chi connectivity index (χ1) is 12.5. The molecule has 4 rings (SSSR count). The van der Waals surface area contributed by atoms with Crippen molar-refractivity contribution >= 4 is 22.6 Å². The quantitative estimate of drug-likeness (QED) is 0.561. The van der Waals surface area contributed by atoms with Crippen LogP contribution in [0.2, 0.25) is 5.02 Å². The first-order valence-corrected chi connectivity index (χ1v) is 8.55. The number of nitrogens with two attached hydrogens (primary N) is 1. The highest BCUT2D eigenvalue weighted by Gasteiger charge is 2.11.